The molecule has 0 amide bonds. The van der Waals surface area contributed by atoms with Gasteiger partial charge in [0.25, 0.3) is 10.2 Å². The van der Waals surface area contributed by atoms with Crippen LogP contribution in [0.3, 0.4) is 0 Å². The van der Waals surface area contributed by atoms with Crippen molar-refractivity contribution in [3.05, 3.63) is 30.5 Å². The van der Waals surface area contributed by atoms with Gasteiger partial charge in [-0.25, -0.2) is 0 Å². The lowest BCUT2D eigenvalue weighted by Gasteiger charge is -2.35. The lowest BCUT2D eigenvalue weighted by atomic mass is 10.3. The summed E-state index contributed by atoms with van der Waals surface area (Å²) >= 11 is 0. The molecule has 0 aromatic carbocycles. The van der Waals surface area contributed by atoms with Crippen molar-refractivity contribution in [3.8, 4) is 11.5 Å². The molecule has 124 valence electrons. The number of nitrogens with zero attached hydrogens (tertiary/aromatic N) is 5. The molecular weight excluding hydrogens is 318 g/mol. The lowest BCUT2D eigenvalue weighted by molar-refractivity contribution is 0.354. The fourth-order valence-electron chi connectivity index (χ4n) is 2.43. The van der Waals surface area contributed by atoms with E-state index in [1.54, 1.807) is 26.4 Å². The van der Waals surface area contributed by atoms with Gasteiger partial charge in [-0.15, -0.1) is 10.2 Å². The van der Waals surface area contributed by atoms with Crippen LogP contribution in [0.2, 0.25) is 0 Å². The summed E-state index contributed by atoms with van der Waals surface area (Å²) in [6.45, 7) is 2.04. The first-order valence-electron chi connectivity index (χ1n) is 7.28. The van der Waals surface area contributed by atoms with E-state index in [1.165, 1.54) is 8.61 Å². The Morgan fingerprint density at radius 1 is 1.09 bits per heavy atom. The molecule has 9 heteroatoms. The molecule has 3 heterocycles. The number of furan rings is 1. The van der Waals surface area contributed by atoms with E-state index >= 15 is 0 Å². The molecule has 1 aliphatic rings. The van der Waals surface area contributed by atoms with Crippen LogP contribution in [0, 0.1) is 0 Å². The number of rotatable bonds is 4. The molecule has 2 aromatic heterocycles. The topological polar surface area (TPSA) is 82.8 Å². The highest BCUT2D eigenvalue weighted by Gasteiger charge is 2.29. The number of piperazine rings is 1. The standard InChI is InChI=1S/C14H19N5O3S/c1-17(2)23(20,21)19-9-7-18(8-10-19)14-6-5-12(15-16-14)13-4-3-11-22-13/h3-6,11H,7-10H2,1-2H3. The highest BCUT2D eigenvalue weighted by molar-refractivity contribution is 7.86. The van der Waals surface area contributed by atoms with Crippen LogP contribution in [-0.2, 0) is 10.2 Å². The summed E-state index contributed by atoms with van der Waals surface area (Å²) in [4.78, 5) is 2.03. The quantitative estimate of drug-likeness (QED) is 0.815. The van der Waals surface area contributed by atoms with E-state index in [-0.39, 0.29) is 0 Å². The van der Waals surface area contributed by atoms with E-state index in [1.807, 2.05) is 23.1 Å². The van der Waals surface area contributed by atoms with E-state index < -0.39 is 10.2 Å². The van der Waals surface area contributed by atoms with Gasteiger partial charge in [-0.1, -0.05) is 0 Å². The number of anilines is 1. The van der Waals surface area contributed by atoms with Crippen molar-refractivity contribution in [2.75, 3.05) is 45.2 Å². The van der Waals surface area contributed by atoms with Crippen molar-refractivity contribution in [1.82, 2.24) is 18.8 Å². The summed E-state index contributed by atoms with van der Waals surface area (Å²) in [6, 6.07) is 7.36. The van der Waals surface area contributed by atoms with Crippen LogP contribution in [-0.4, -0.2) is 67.5 Å². The van der Waals surface area contributed by atoms with Gasteiger partial charge < -0.3 is 9.32 Å². The second kappa shape index (κ2) is 6.26. The average Bonchev–Trinajstić information content (AvgIpc) is 3.09. The first-order chi connectivity index (χ1) is 11.0. The third kappa shape index (κ3) is 3.21. The number of hydrogen-bond donors (Lipinski definition) is 0. The largest absolute Gasteiger partial charge is 0.463 e. The Morgan fingerprint density at radius 2 is 1.83 bits per heavy atom. The van der Waals surface area contributed by atoms with Crippen molar-refractivity contribution in [2.45, 2.75) is 0 Å². The molecule has 0 aliphatic carbocycles. The zero-order chi connectivity index (χ0) is 16.4. The van der Waals surface area contributed by atoms with Crippen LogP contribution in [0.15, 0.2) is 34.9 Å². The Balaban J connectivity index is 1.66. The maximum absolute atomic E-state index is 12.1. The first-order valence-corrected chi connectivity index (χ1v) is 8.68. The van der Waals surface area contributed by atoms with Crippen molar-refractivity contribution >= 4 is 16.0 Å². The second-order valence-electron chi connectivity index (χ2n) is 5.43. The summed E-state index contributed by atoms with van der Waals surface area (Å²) < 4.78 is 32.2. The van der Waals surface area contributed by atoms with Crippen LogP contribution >= 0.6 is 0 Å². The lowest BCUT2D eigenvalue weighted by Crippen LogP contribution is -2.51. The van der Waals surface area contributed by atoms with E-state index in [0.29, 0.717) is 37.6 Å². The Morgan fingerprint density at radius 3 is 2.35 bits per heavy atom. The minimum absolute atomic E-state index is 0.433. The molecule has 0 atom stereocenters. The van der Waals surface area contributed by atoms with Gasteiger partial charge in [0, 0.05) is 40.3 Å². The molecule has 1 fully saturated rings. The molecule has 0 radical (unpaired) electrons. The highest BCUT2D eigenvalue weighted by atomic mass is 32.2. The Labute approximate surface area is 135 Å². The molecule has 0 spiro atoms. The maximum Gasteiger partial charge on any atom is 0.281 e. The van der Waals surface area contributed by atoms with Crippen LogP contribution in [0.5, 0.6) is 0 Å². The van der Waals surface area contributed by atoms with E-state index in [4.69, 9.17) is 4.42 Å². The van der Waals surface area contributed by atoms with Crippen LogP contribution in [0.4, 0.5) is 5.82 Å². The molecule has 0 saturated carbocycles. The predicted octanol–water partition coefficient (Wildman–Crippen LogP) is 0.665. The van der Waals surface area contributed by atoms with Gasteiger partial charge in [-0.3, -0.25) is 0 Å². The third-order valence-corrected chi connectivity index (χ3v) is 5.72. The zero-order valence-corrected chi connectivity index (χ0v) is 13.9. The van der Waals surface area contributed by atoms with Gasteiger partial charge in [-0.05, 0) is 24.3 Å². The van der Waals surface area contributed by atoms with E-state index in [9.17, 15) is 8.42 Å². The van der Waals surface area contributed by atoms with Gasteiger partial charge in [0.1, 0.15) is 5.69 Å². The van der Waals surface area contributed by atoms with Gasteiger partial charge in [0.15, 0.2) is 11.6 Å². The van der Waals surface area contributed by atoms with Crippen LogP contribution in [0.25, 0.3) is 11.5 Å². The molecule has 3 rings (SSSR count). The van der Waals surface area contributed by atoms with Gasteiger partial charge in [-0.2, -0.15) is 17.0 Å². The SMILES string of the molecule is CN(C)S(=O)(=O)N1CCN(c2ccc(-c3ccco3)nn2)CC1. The summed E-state index contributed by atoms with van der Waals surface area (Å²) in [5.74, 6) is 1.41. The maximum atomic E-state index is 12.1. The first kappa shape index (κ1) is 15.9. The molecule has 8 nitrogen and oxygen atoms in total. The minimum atomic E-state index is -3.35. The number of hydrogen-bond acceptors (Lipinski definition) is 6. The minimum Gasteiger partial charge on any atom is -0.463 e. The smallest absolute Gasteiger partial charge is 0.281 e. The van der Waals surface area contributed by atoms with Crippen molar-refractivity contribution in [2.24, 2.45) is 0 Å². The zero-order valence-electron chi connectivity index (χ0n) is 13.1. The van der Waals surface area contributed by atoms with Gasteiger partial charge >= 0.3 is 0 Å². The molecular formula is C14H19N5O3S. The average molecular weight is 337 g/mol. The van der Waals surface area contributed by atoms with Crippen LogP contribution < -0.4 is 4.90 Å². The van der Waals surface area contributed by atoms with Crippen LogP contribution in [0.1, 0.15) is 0 Å². The van der Waals surface area contributed by atoms with Gasteiger partial charge in [0.05, 0.1) is 6.26 Å². The van der Waals surface area contributed by atoms with Crippen molar-refractivity contribution < 1.29 is 12.8 Å². The Kier molecular flexibility index (Phi) is 4.33. The highest BCUT2D eigenvalue weighted by Crippen LogP contribution is 2.20. The normalized spacial score (nSPS) is 16.9. The van der Waals surface area contributed by atoms with E-state index in [0.717, 1.165) is 5.82 Å². The molecule has 23 heavy (non-hydrogen) atoms. The monoisotopic (exact) mass is 337 g/mol. The molecule has 0 bridgehead atoms. The molecule has 1 saturated heterocycles. The summed E-state index contributed by atoms with van der Waals surface area (Å²) in [6.07, 6.45) is 1.59. The fraction of sp³-hybridized carbons (Fsp3) is 0.429. The second-order valence-corrected chi connectivity index (χ2v) is 7.57. The Bertz CT molecular complexity index is 735. The molecule has 0 N–H and O–H groups in total. The third-order valence-electron chi connectivity index (χ3n) is 3.77. The Hall–Kier alpha value is -1.97. The summed E-state index contributed by atoms with van der Waals surface area (Å²) in [5, 5.41) is 8.39. The van der Waals surface area contributed by atoms with Crippen molar-refractivity contribution in [3.63, 3.8) is 0 Å². The van der Waals surface area contributed by atoms with E-state index in [2.05, 4.69) is 10.2 Å². The fourth-order valence-corrected chi connectivity index (χ4v) is 3.52. The summed E-state index contributed by atoms with van der Waals surface area (Å²) in [7, 11) is -0.266. The number of aromatic nitrogens is 2. The molecule has 1 aliphatic heterocycles. The summed E-state index contributed by atoms with van der Waals surface area (Å²) in [5.41, 5.74) is 0.674. The molecule has 2 aromatic rings. The molecule has 0 unspecified atom stereocenters. The predicted molar refractivity (Wildman–Crippen MR) is 86.1 cm³/mol. The van der Waals surface area contributed by atoms with Gasteiger partial charge in [0.2, 0.25) is 0 Å². The van der Waals surface area contributed by atoms with Crippen molar-refractivity contribution in [1.29, 1.82) is 0 Å².